The predicted molar refractivity (Wildman–Crippen MR) is 152 cm³/mol. The molecule has 3 aromatic carbocycles. The fraction of sp³-hybridized carbons (Fsp3) is 0.394. The van der Waals surface area contributed by atoms with Crippen LogP contribution in [0.25, 0.3) is 22.4 Å². The van der Waals surface area contributed by atoms with Crippen LogP contribution in [0.1, 0.15) is 70.3 Å². The van der Waals surface area contributed by atoms with E-state index in [1.807, 2.05) is 66.7 Å². The van der Waals surface area contributed by atoms with Gasteiger partial charge in [-0.25, -0.2) is 4.98 Å². The first kappa shape index (κ1) is 24.7. The minimum Gasteiger partial charge on any atom is -0.457 e. The summed E-state index contributed by atoms with van der Waals surface area (Å²) in [6, 6.07) is 26.1. The molecule has 1 atom stereocenters. The number of ether oxygens (including phenoxy) is 1. The third-order valence-corrected chi connectivity index (χ3v) is 8.29. The molecule has 5 nitrogen and oxygen atoms in total. The third kappa shape index (κ3) is 5.20. The Kier molecular flexibility index (Phi) is 7.43. The second-order valence-electron chi connectivity index (χ2n) is 10.9. The normalized spacial score (nSPS) is 17.8. The van der Waals surface area contributed by atoms with Gasteiger partial charge in [-0.2, -0.15) is 0 Å². The molecule has 2 fully saturated rings. The van der Waals surface area contributed by atoms with Crippen molar-refractivity contribution in [2.24, 2.45) is 5.92 Å². The highest BCUT2D eigenvalue weighted by Crippen LogP contribution is 2.41. The molecular formula is C33H37N3O2. The zero-order valence-electron chi connectivity index (χ0n) is 22.0. The summed E-state index contributed by atoms with van der Waals surface area (Å²) in [7, 11) is 0. The number of fused-ring (bicyclic) bond motifs is 1. The maximum Gasteiger partial charge on any atom is 0.243 e. The van der Waals surface area contributed by atoms with E-state index in [0.29, 0.717) is 0 Å². The van der Waals surface area contributed by atoms with Crippen molar-refractivity contribution in [1.82, 2.24) is 14.9 Å². The van der Waals surface area contributed by atoms with Gasteiger partial charge in [0.2, 0.25) is 5.91 Å². The number of benzene rings is 3. The highest BCUT2D eigenvalue weighted by molar-refractivity contribution is 5.88. The Hall–Kier alpha value is -3.60. The number of imidazole rings is 1. The van der Waals surface area contributed by atoms with E-state index in [9.17, 15) is 4.79 Å². The summed E-state index contributed by atoms with van der Waals surface area (Å²) in [6.45, 7) is 0. The van der Waals surface area contributed by atoms with E-state index >= 15 is 0 Å². The van der Waals surface area contributed by atoms with Crippen LogP contribution in [0.3, 0.4) is 0 Å². The number of hydrogen-bond donors (Lipinski definition) is 1. The molecule has 0 spiro atoms. The van der Waals surface area contributed by atoms with Crippen LogP contribution in [0.15, 0.2) is 78.9 Å². The van der Waals surface area contributed by atoms with E-state index in [1.165, 1.54) is 38.5 Å². The molecule has 0 aliphatic heterocycles. The number of hydrogen-bond acceptors (Lipinski definition) is 3. The number of carbonyl (C=O) groups excluding carboxylic acids is 1. The van der Waals surface area contributed by atoms with Crippen LogP contribution in [0, 0.1) is 5.92 Å². The summed E-state index contributed by atoms with van der Waals surface area (Å²) in [6.07, 6.45) is 11.5. The monoisotopic (exact) mass is 507 g/mol. The van der Waals surface area contributed by atoms with Crippen molar-refractivity contribution < 1.29 is 9.53 Å². The lowest BCUT2D eigenvalue weighted by Crippen LogP contribution is -2.43. The molecule has 2 saturated carbocycles. The van der Waals surface area contributed by atoms with Gasteiger partial charge in [0.05, 0.1) is 16.6 Å². The average Bonchev–Trinajstić information content (AvgIpc) is 3.34. The van der Waals surface area contributed by atoms with Crippen molar-refractivity contribution in [3.63, 3.8) is 0 Å². The maximum atomic E-state index is 14.2. The topological polar surface area (TPSA) is 56.2 Å². The minimum atomic E-state index is -0.301. The molecule has 4 aromatic rings. The highest BCUT2D eigenvalue weighted by atomic mass is 16.5. The van der Waals surface area contributed by atoms with Crippen LogP contribution in [-0.4, -0.2) is 21.5 Å². The number of amides is 1. The second-order valence-corrected chi connectivity index (χ2v) is 10.9. The van der Waals surface area contributed by atoms with Crippen molar-refractivity contribution in [3.8, 4) is 22.9 Å². The van der Waals surface area contributed by atoms with Crippen LogP contribution in [-0.2, 0) is 4.79 Å². The van der Waals surface area contributed by atoms with Crippen LogP contribution in [0.4, 0.5) is 0 Å². The van der Waals surface area contributed by atoms with E-state index in [1.54, 1.807) is 0 Å². The second kappa shape index (κ2) is 11.4. The molecule has 1 aromatic heterocycles. The van der Waals surface area contributed by atoms with Gasteiger partial charge in [-0.3, -0.25) is 4.79 Å². The van der Waals surface area contributed by atoms with Gasteiger partial charge in [-0.05, 0) is 68.0 Å². The fourth-order valence-electron chi connectivity index (χ4n) is 6.40. The number of nitrogens with one attached hydrogen (secondary N) is 1. The molecule has 38 heavy (non-hydrogen) atoms. The van der Waals surface area contributed by atoms with E-state index in [2.05, 4.69) is 22.0 Å². The zero-order chi connectivity index (χ0) is 25.7. The fourth-order valence-corrected chi connectivity index (χ4v) is 6.40. The summed E-state index contributed by atoms with van der Waals surface area (Å²) in [5.74, 6) is 2.75. The first-order chi connectivity index (χ1) is 18.8. The first-order valence-electron chi connectivity index (χ1n) is 14.4. The summed E-state index contributed by atoms with van der Waals surface area (Å²) < 4.78 is 8.60. The summed E-state index contributed by atoms with van der Waals surface area (Å²) in [5.41, 5.74) is 2.81. The number of nitrogens with zero attached hydrogens (tertiary/aromatic N) is 2. The number of para-hydroxylation sites is 4. The average molecular weight is 508 g/mol. The standard InChI is InChI=1S/C33H37N3O2/c37-33(34-25-16-6-2-7-17-25)31(24-14-4-1-5-15-24)36-29-22-12-11-21-28(29)35-32(36)27-20-10-13-23-30(27)38-26-18-8-3-9-19-26/h3,8-13,18-25,31H,1-2,4-7,14-17H2,(H,34,37). The van der Waals surface area contributed by atoms with Gasteiger partial charge in [-0.1, -0.05) is 81.0 Å². The van der Waals surface area contributed by atoms with Crippen LogP contribution in [0.2, 0.25) is 0 Å². The molecule has 1 amide bonds. The predicted octanol–water partition coefficient (Wildman–Crippen LogP) is 8.07. The van der Waals surface area contributed by atoms with E-state index in [0.717, 1.165) is 59.6 Å². The lowest BCUT2D eigenvalue weighted by Gasteiger charge is -2.34. The van der Waals surface area contributed by atoms with E-state index in [-0.39, 0.29) is 23.9 Å². The van der Waals surface area contributed by atoms with Crippen molar-refractivity contribution in [1.29, 1.82) is 0 Å². The van der Waals surface area contributed by atoms with Crippen LogP contribution < -0.4 is 10.1 Å². The molecule has 6 rings (SSSR count). The molecule has 196 valence electrons. The Labute approximate surface area is 225 Å². The zero-order valence-corrected chi connectivity index (χ0v) is 22.0. The van der Waals surface area contributed by atoms with E-state index < -0.39 is 0 Å². The summed E-state index contributed by atoms with van der Waals surface area (Å²) >= 11 is 0. The van der Waals surface area contributed by atoms with Gasteiger partial charge in [0.25, 0.3) is 0 Å². The van der Waals surface area contributed by atoms with Crippen molar-refractivity contribution in [2.75, 3.05) is 0 Å². The van der Waals surface area contributed by atoms with Crippen molar-refractivity contribution in [2.45, 2.75) is 76.3 Å². The number of carbonyl (C=O) groups is 1. The Balaban J connectivity index is 1.47. The molecule has 1 unspecified atom stereocenters. The maximum absolute atomic E-state index is 14.2. The Bertz CT molecular complexity index is 1370. The van der Waals surface area contributed by atoms with Gasteiger partial charge in [0, 0.05) is 6.04 Å². The summed E-state index contributed by atoms with van der Waals surface area (Å²) in [5, 5.41) is 3.48. The molecule has 2 aliphatic rings. The number of aromatic nitrogens is 2. The van der Waals surface area contributed by atoms with Crippen molar-refractivity contribution >= 4 is 16.9 Å². The van der Waals surface area contributed by atoms with Crippen molar-refractivity contribution in [3.05, 3.63) is 78.9 Å². The minimum absolute atomic E-state index is 0.148. The van der Waals surface area contributed by atoms with Gasteiger partial charge >= 0.3 is 0 Å². The quantitative estimate of drug-likeness (QED) is 0.275. The van der Waals surface area contributed by atoms with Gasteiger partial charge in [-0.15, -0.1) is 0 Å². The SMILES string of the molecule is O=C(NC1CCCCC1)C(C1CCCCC1)n1c(-c2ccccc2Oc2ccccc2)nc2ccccc21. The first-order valence-corrected chi connectivity index (χ1v) is 14.4. The lowest BCUT2D eigenvalue weighted by molar-refractivity contribution is -0.127. The molecular weight excluding hydrogens is 470 g/mol. The van der Waals surface area contributed by atoms with Crippen LogP contribution in [0.5, 0.6) is 11.5 Å². The van der Waals surface area contributed by atoms with Gasteiger partial charge < -0.3 is 14.6 Å². The molecule has 0 radical (unpaired) electrons. The van der Waals surface area contributed by atoms with Crippen LogP contribution >= 0.6 is 0 Å². The molecule has 1 heterocycles. The molecule has 1 N–H and O–H groups in total. The smallest absolute Gasteiger partial charge is 0.243 e. The van der Waals surface area contributed by atoms with Gasteiger partial charge in [0.1, 0.15) is 23.4 Å². The highest BCUT2D eigenvalue weighted by Gasteiger charge is 2.35. The Morgan fingerprint density at radius 1 is 0.789 bits per heavy atom. The number of rotatable bonds is 7. The third-order valence-electron chi connectivity index (χ3n) is 8.29. The molecule has 0 bridgehead atoms. The largest absolute Gasteiger partial charge is 0.457 e. The molecule has 0 saturated heterocycles. The van der Waals surface area contributed by atoms with Gasteiger partial charge in [0.15, 0.2) is 0 Å². The van der Waals surface area contributed by atoms with E-state index in [4.69, 9.17) is 9.72 Å². The molecule has 2 aliphatic carbocycles. The Morgan fingerprint density at radius 2 is 1.45 bits per heavy atom. The lowest BCUT2D eigenvalue weighted by atomic mass is 9.82. The summed E-state index contributed by atoms with van der Waals surface area (Å²) in [4.78, 5) is 19.4. The Morgan fingerprint density at radius 3 is 2.24 bits per heavy atom. The molecule has 5 heteroatoms.